The highest BCUT2D eigenvalue weighted by atomic mass is 16.5. The van der Waals surface area contributed by atoms with Crippen molar-refractivity contribution in [3.63, 3.8) is 0 Å². The van der Waals surface area contributed by atoms with Crippen LogP contribution in [0, 0.1) is 5.92 Å². The second-order valence-electron chi connectivity index (χ2n) is 4.58. The van der Waals surface area contributed by atoms with E-state index in [1.54, 1.807) is 7.11 Å². The van der Waals surface area contributed by atoms with E-state index in [4.69, 9.17) is 10.5 Å². The molecule has 0 amide bonds. The zero-order chi connectivity index (χ0) is 11.5. The standard InChI is InChI=1S/C13H20N2O/c1-10-7-8-15(9-13(10)16-2)12-5-3-11(14)4-6-12/h3-6,10,13H,7-9,14H2,1-2H3. The first kappa shape index (κ1) is 11.3. The molecule has 0 spiro atoms. The van der Waals surface area contributed by atoms with Crippen molar-refractivity contribution in [2.75, 3.05) is 30.8 Å². The van der Waals surface area contributed by atoms with Crippen LogP contribution in [0.15, 0.2) is 24.3 Å². The van der Waals surface area contributed by atoms with E-state index in [0.29, 0.717) is 12.0 Å². The summed E-state index contributed by atoms with van der Waals surface area (Å²) in [5.74, 6) is 0.648. The number of nitrogens with zero attached hydrogens (tertiary/aromatic N) is 1. The van der Waals surface area contributed by atoms with Crippen LogP contribution in [-0.4, -0.2) is 26.3 Å². The van der Waals surface area contributed by atoms with Gasteiger partial charge in [0.05, 0.1) is 6.10 Å². The lowest BCUT2D eigenvalue weighted by Gasteiger charge is -2.37. The van der Waals surface area contributed by atoms with E-state index in [-0.39, 0.29) is 0 Å². The van der Waals surface area contributed by atoms with Crippen molar-refractivity contribution in [3.8, 4) is 0 Å². The second kappa shape index (κ2) is 4.74. The highest BCUT2D eigenvalue weighted by molar-refractivity contribution is 5.53. The van der Waals surface area contributed by atoms with E-state index in [1.807, 2.05) is 12.1 Å². The predicted molar refractivity (Wildman–Crippen MR) is 67.6 cm³/mol. The average Bonchev–Trinajstić information content (AvgIpc) is 2.31. The molecule has 0 aliphatic carbocycles. The number of benzene rings is 1. The number of hydrogen-bond donors (Lipinski definition) is 1. The van der Waals surface area contributed by atoms with Crippen LogP contribution in [0.5, 0.6) is 0 Å². The van der Waals surface area contributed by atoms with Crippen LogP contribution in [0.25, 0.3) is 0 Å². The van der Waals surface area contributed by atoms with Crippen molar-refractivity contribution < 1.29 is 4.74 Å². The van der Waals surface area contributed by atoms with Gasteiger partial charge in [0.15, 0.2) is 0 Å². The molecule has 1 aromatic rings. The first-order valence-corrected chi connectivity index (χ1v) is 5.84. The van der Waals surface area contributed by atoms with Crippen LogP contribution < -0.4 is 10.6 Å². The van der Waals surface area contributed by atoms with Crippen molar-refractivity contribution in [3.05, 3.63) is 24.3 Å². The lowest BCUT2D eigenvalue weighted by Crippen LogP contribution is -2.43. The maximum absolute atomic E-state index is 5.69. The Hall–Kier alpha value is -1.22. The molecule has 1 saturated heterocycles. The van der Waals surface area contributed by atoms with Crippen LogP contribution >= 0.6 is 0 Å². The molecule has 1 aromatic carbocycles. The van der Waals surface area contributed by atoms with Gasteiger partial charge in [0.25, 0.3) is 0 Å². The Kier molecular flexibility index (Phi) is 3.34. The van der Waals surface area contributed by atoms with E-state index in [0.717, 1.165) is 18.8 Å². The molecule has 2 atom stereocenters. The highest BCUT2D eigenvalue weighted by Gasteiger charge is 2.25. The Morgan fingerprint density at radius 1 is 1.31 bits per heavy atom. The molecule has 2 rings (SSSR count). The maximum Gasteiger partial charge on any atom is 0.0772 e. The molecule has 3 nitrogen and oxygen atoms in total. The van der Waals surface area contributed by atoms with E-state index < -0.39 is 0 Å². The van der Waals surface area contributed by atoms with Crippen LogP contribution in [-0.2, 0) is 4.74 Å². The quantitative estimate of drug-likeness (QED) is 0.776. The Bertz CT molecular complexity index is 336. The minimum Gasteiger partial charge on any atom is -0.399 e. The number of hydrogen-bond acceptors (Lipinski definition) is 3. The Morgan fingerprint density at radius 3 is 2.62 bits per heavy atom. The summed E-state index contributed by atoms with van der Waals surface area (Å²) >= 11 is 0. The molecule has 1 heterocycles. The summed E-state index contributed by atoms with van der Waals surface area (Å²) < 4.78 is 5.51. The topological polar surface area (TPSA) is 38.5 Å². The fraction of sp³-hybridized carbons (Fsp3) is 0.538. The highest BCUT2D eigenvalue weighted by Crippen LogP contribution is 2.25. The lowest BCUT2D eigenvalue weighted by molar-refractivity contribution is 0.0498. The van der Waals surface area contributed by atoms with Crippen molar-refractivity contribution in [1.29, 1.82) is 0 Å². The smallest absolute Gasteiger partial charge is 0.0772 e. The van der Waals surface area contributed by atoms with E-state index in [9.17, 15) is 0 Å². The molecule has 0 saturated carbocycles. The summed E-state index contributed by atoms with van der Waals surface area (Å²) in [6.07, 6.45) is 1.52. The molecule has 2 unspecified atom stereocenters. The van der Waals surface area contributed by atoms with Gasteiger partial charge in [0.2, 0.25) is 0 Å². The van der Waals surface area contributed by atoms with Gasteiger partial charge in [-0.1, -0.05) is 6.92 Å². The first-order valence-electron chi connectivity index (χ1n) is 5.84. The van der Waals surface area contributed by atoms with Crippen molar-refractivity contribution in [2.45, 2.75) is 19.4 Å². The second-order valence-corrected chi connectivity index (χ2v) is 4.58. The van der Waals surface area contributed by atoms with Gasteiger partial charge in [0, 0.05) is 31.6 Å². The Labute approximate surface area is 97.2 Å². The van der Waals surface area contributed by atoms with Crippen LogP contribution in [0.2, 0.25) is 0 Å². The Morgan fingerprint density at radius 2 is 2.00 bits per heavy atom. The molecule has 1 fully saturated rings. The van der Waals surface area contributed by atoms with E-state index in [2.05, 4.69) is 24.0 Å². The summed E-state index contributed by atoms with van der Waals surface area (Å²) in [7, 11) is 1.80. The van der Waals surface area contributed by atoms with Crippen LogP contribution in [0.1, 0.15) is 13.3 Å². The van der Waals surface area contributed by atoms with Gasteiger partial charge in [-0.3, -0.25) is 0 Å². The number of nitrogens with two attached hydrogens (primary N) is 1. The van der Waals surface area contributed by atoms with E-state index >= 15 is 0 Å². The van der Waals surface area contributed by atoms with Gasteiger partial charge < -0.3 is 15.4 Å². The normalized spacial score (nSPS) is 25.8. The molecule has 1 aliphatic heterocycles. The van der Waals surface area contributed by atoms with Gasteiger partial charge in [-0.25, -0.2) is 0 Å². The Balaban J connectivity index is 2.08. The van der Waals surface area contributed by atoms with Gasteiger partial charge >= 0.3 is 0 Å². The van der Waals surface area contributed by atoms with Gasteiger partial charge in [-0.2, -0.15) is 0 Å². The third-order valence-electron chi connectivity index (χ3n) is 3.45. The third kappa shape index (κ3) is 2.30. The molecule has 0 radical (unpaired) electrons. The first-order chi connectivity index (χ1) is 7.70. The molecule has 1 aliphatic rings. The number of piperidine rings is 1. The van der Waals surface area contributed by atoms with E-state index in [1.165, 1.54) is 12.1 Å². The van der Waals surface area contributed by atoms with Crippen molar-refractivity contribution in [2.24, 2.45) is 5.92 Å². The average molecular weight is 220 g/mol. The summed E-state index contributed by atoms with van der Waals surface area (Å²) in [5, 5.41) is 0. The van der Waals surface area contributed by atoms with Crippen molar-refractivity contribution in [1.82, 2.24) is 0 Å². The number of anilines is 2. The largest absolute Gasteiger partial charge is 0.399 e. The summed E-state index contributed by atoms with van der Waals surface area (Å²) in [6, 6.07) is 8.07. The maximum atomic E-state index is 5.69. The van der Waals surface area contributed by atoms with Gasteiger partial charge in [-0.15, -0.1) is 0 Å². The molecular weight excluding hydrogens is 200 g/mol. The molecular formula is C13H20N2O. The third-order valence-corrected chi connectivity index (χ3v) is 3.45. The minimum atomic E-state index is 0.339. The van der Waals surface area contributed by atoms with Gasteiger partial charge in [-0.05, 0) is 36.6 Å². The molecule has 88 valence electrons. The molecule has 0 bridgehead atoms. The summed E-state index contributed by atoms with van der Waals surface area (Å²) in [4.78, 5) is 2.37. The zero-order valence-corrected chi connectivity index (χ0v) is 10.0. The SMILES string of the molecule is COC1CN(c2ccc(N)cc2)CCC1C. The zero-order valence-electron chi connectivity index (χ0n) is 10.0. The van der Waals surface area contributed by atoms with Gasteiger partial charge in [0.1, 0.15) is 0 Å². The minimum absolute atomic E-state index is 0.339. The van der Waals surface area contributed by atoms with Crippen molar-refractivity contribution >= 4 is 11.4 Å². The summed E-state index contributed by atoms with van der Waals surface area (Å²) in [5.41, 5.74) is 7.74. The van der Waals surface area contributed by atoms with Crippen LogP contribution in [0.4, 0.5) is 11.4 Å². The lowest BCUT2D eigenvalue weighted by atomic mass is 9.95. The van der Waals surface area contributed by atoms with Crippen LogP contribution in [0.3, 0.4) is 0 Å². The number of rotatable bonds is 2. The molecule has 2 N–H and O–H groups in total. The molecule has 3 heteroatoms. The monoisotopic (exact) mass is 220 g/mol. The fourth-order valence-corrected chi connectivity index (χ4v) is 2.26. The number of methoxy groups -OCH3 is 1. The number of ether oxygens (including phenoxy) is 1. The summed E-state index contributed by atoms with van der Waals surface area (Å²) in [6.45, 7) is 4.33. The molecule has 0 aromatic heterocycles. The fourth-order valence-electron chi connectivity index (χ4n) is 2.26. The predicted octanol–water partition coefficient (Wildman–Crippen LogP) is 2.13. The molecule has 16 heavy (non-hydrogen) atoms. The number of nitrogen functional groups attached to an aromatic ring is 1.